The second kappa shape index (κ2) is 7.43. The Morgan fingerprint density at radius 2 is 1.96 bits per heavy atom. The lowest BCUT2D eigenvalue weighted by atomic mass is 10.0. The van der Waals surface area contributed by atoms with Gasteiger partial charge in [0.05, 0.1) is 6.04 Å². The van der Waals surface area contributed by atoms with E-state index in [1.165, 1.54) is 12.1 Å². The Balaban J connectivity index is 1.97. The van der Waals surface area contributed by atoms with E-state index in [1.807, 2.05) is 23.6 Å². The first kappa shape index (κ1) is 17.7. The van der Waals surface area contributed by atoms with E-state index in [0.29, 0.717) is 4.47 Å². The number of ether oxygens (including phenoxy) is 1. The fourth-order valence-corrected chi connectivity index (χ4v) is 4.25. The number of alkyl halides is 3. The molecule has 130 valence electrons. The Bertz CT molecular complexity index is 672. The highest BCUT2D eigenvalue weighted by molar-refractivity contribution is 9.10. The second-order valence-corrected chi connectivity index (χ2v) is 7.37. The van der Waals surface area contributed by atoms with Crippen LogP contribution in [0.1, 0.15) is 16.5 Å². The third-order valence-electron chi connectivity index (χ3n) is 3.77. The maximum atomic E-state index is 12.6. The summed E-state index contributed by atoms with van der Waals surface area (Å²) < 4.78 is 42.4. The number of thiophene rings is 1. The first-order chi connectivity index (χ1) is 11.4. The molecule has 3 nitrogen and oxygen atoms in total. The molecule has 1 atom stereocenters. The van der Waals surface area contributed by atoms with Crippen LogP contribution in [0.5, 0.6) is 5.75 Å². The van der Waals surface area contributed by atoms with Crippen molar-refractivity contribution < 1.29 is 17.9 Å². The Hall–Kier alpha value is -1.09. The fourth-order valence-electron chi connectivity index (χ4n) is 2.88. The lowest BCUT2D eigenvalue weighted by Crippen LogP contribution is -2.45. The third-order valence-corrected chi connectivity index (χ3v) is 5.15. The molecule has 8 heteroatoms. The van der Waals surface area contributed by atoms with Gasteiger partial charge in [0, 0.05) is 35.5 Å². The summed E-state index contributed by atoms with van der Waals surface area (Å²) in [4.78, 5) is 3.38. The van der Waals surface area contributed by atoms with E-state index < -0.39 is 6.36 Å². The van der Waals surface area contributed by atoms with Crippen molar-refractivity contribution in [3.05, 3.63) is 50.6 Å². The van der Waals surface area contributed by atoms with Crippen molar-refractivity contribution in [1.82, 2.24) is 10.2 Å². The van der Waals surface area contributed by atoms with Gasteiger partial charge in [-0.2, -0.15) is 0 Å². The highest BCUT2D eigenvalue weighted by atomic mass is 79.9. The summed E-state index contributed by atoms with van der Waals surface area (Å²) in [5, 5.41) is 5.28. The van der Waals surface area contributed by atoms with E-state index in [-0.39, 0.29) is 11.8 Å². The van der Waals surface area contributed by atoms with Gasteiger partial charge in [0.15, 0.2) is 0 Å². The lowest BCUT2D eigenvalue weighted by molar-refractivity contribution is -0.274. The Kier molecular flexibility index (Phi) is 5.49. The molecule has 2 aromatic rings. The standard InChI is InChI=1S/C16H16BrF3N2OS/c17-12-8-11(9-13(10-12)23-16(18,19)20)15(14-2-1-7-24-14)22-5-3-21-4-6-22/h1-2,7-10,15,21H,3-6H2/t15-/m0/s1. The highest BCUT2D eigenvalue weighted by Gasteiger charge is 2.32. The molecule has 0 radical (unpaired) electrons. The van der Waals surface area contributed by atoms with Crippen LogP contribution in [0.3, 0.4) is 0 Å². The second-order valence-electron chi connectivity index (χ2n) is 5.47. The first-order valence-corrected chi connectivity index (χ1v) is 9.14. The predicted molar refractivity (Wildman–Crippen MR) is 91.4 cm³/mol. The normalized spacial score (nSPS) is 17.7. The smallest absolute Gasteiger partial charge is 0.406 e. The molecule has 1 aromatic carbocycles. The fraction of sp³-hybridized carbons (Fsp3) is 0.375. The van der Waals surface area contributed by atoms with Crippen LogP contribution in [0.4, 0.5) is 13.2 Å². The van der Waals surface area contributed by atoms with E-state index in [9.17, 15) is 13.2 Å². The Morgan fingerprint density at radius 1 is 1.21 bits per heavy atom. The monoisotopic (exact) mass is 420 g/mol. The number of rotatable bonds is 4. The van der Waals surface area contributed by atoms with Gasteiger partial charge in [-0.25, -0.2) is 0 Å². The molecule has 1 aliphatic rings. The van der Waals surface area contributed by atoms with Gasteiger partial charge < -0.3 is 10.1 Å². The maximum absolute atomic E-state index is 12.6. The Morgan fingerprint density at radius 3 is 2.58 bits per heavy atom. The molecular weight excluding hydrogens is 405 g/mol. The average molecular weight is 421 g/mol. The van der Waals surface area contributed by atoms with Gasteiger partial charge >= 0.3 is 6.36 Å². The van der Waals surface area contributed by atoms with Crippen molar-refractivity contribution in [2.45, 2.75) is 12.4 Å². The molecule has 1 N–H and O–H groups in total. The van der Waals surface area contributed by atoms with E-state index in [4.69, 9.17) is 0 Å². The Labute approximate surface area is 150 Å². The van der Waals surface area contributed by atoms with Crippen molar-refractivity contribution >= 4 is 27.3 Å². The number of nitrogens with zero attached hydrogens (tertiary/aromatic N) is 1. The summed E-state index contributed by atoms with van der Waals surface area (Å²) in [5.74, 6) is -0.205. The molecule has 0 bridgehead atoms. The molecule has 1 fully saturated rings. The van der Waals surface area contributed by atoms with Crippen LogP contribution in [-0.2, 0) is 0 Å². The quantitative estimate of drug-likeness (QED) is 0.792. The molecule has 1 aliphatic heterocycles. The van der Waals surface area contributed by atoms with E-state index in [1.54, 1.807) is 11.3 Å². The zero-order valence-electron chi connectivity index (χ0n) is 12.6. The summed E-state index contributed by atoms with van der Waals surface area (Å²) >= 11 is 4.91. The van der Waals surface area contributed by atoms with Crippen LogP contribution in [0.2, 0.25) is 0 Å². The third kappa shape index (κ3) is 4.50. The molecule has 0 saturated carbocycles. The number of hydrogen-bond acceptors (Lipinski definition) is 4. The van der Waals surface area contributed by atoms with Crippen molar-refractivity contribution in [1.29, 1.82) is 0 Å². The minimum atomic E-state index is -4.70. The zero-order chi connectivity index (χ0) is 17.2. The van der Waals surface area contributed by atoms with Gasteiger partial charge in [0.2, 0.25) is 0 Å². The van der Waals surface area contributed by atoms with Gasteiger partial charge in [0.1, 0.15) is 5.75 Å². The van der Waals surface area contributed by atoms with Crippen molar-refractivity contribution in [3.8, 4) is 5.75 Å². The van der Waals surface area contributed by atoms with Crippen LogP contribution in [0, 0.1) is 0 Å². The lowest BCUT2D eigenvalue weighted by Gasteiger charge is -2.35. The summed E-state index contributed by atoms with van der Waals surface area (Å²) in [6.07, 6.45) is -4.70. The average Bonchev–Trinajstić information content (AvgIpc) is 3.00. The SMILES string of the molecule is FC(F)(F)Oc1cc(Br)cc([C@@H](c2cccs2)N2CCNCC2)c1. The molecule has 0 aliphatic carbocycles. The molecule has 1 saturated heterocycles. The molecular formula is C16H16BrF3N2OS. The largest absolute Gasteiger partial charge is 0.573 e. The van der Waals surface area contributed by atoms with Crippen molar-refractivity contribution in [3.63, 3.8) is 0 Å². The van der Waals surface area contributed by atoms with E-state index in [0.717, 1.165) is 36.6 Å². The van der Waals surface area contributed by atoms with Gasteiger partial charge in [-0.15, -0.1) is 24.5 Å². The topological polar surface area (TPSA) is 24.5 Å². The zero-order valence-corrected chi connectivity index (χ0v) is 15.0. The molecule has 24 heavy (non-hydrogen) atoms. The van der Waals surface area contributed by atoms with E-state index in [2.05, 4.69) is 30.9 Å². The first-order valence-electron chi connectivity index (χ1n) is 7.47. The van der Waals surface area contributed by atoms with E-state index >= 15 is 0 Å². The van der Waals surface area contributed by atoms with Gasteiger partial charge in [-0.1, -0.05) is 22.0 Å². The molecule has 0 spiro atoms. The summed E-state index contributed by atoms with van der Waals surface area (Å²) in [7, 11) is 0. The predicted octanol–water partition coefficient (Wildman–Crippen LogP) is 4.40. The molecule has 3 rings (SSSR count). The highest BCUT2D eigenvalue weighted by Crippen LogP contribution is 2.36. The molecule has 1 aromatic heterocycles. The van der Waals surface area contributed by atoms with Crippen LogP contribution in [0.25, 0.3) is 0 Å². The summed E-state index contributed by atoms with van der Waals surface area (Å²) in [6.45, 7) is 3.40. The van der Waals surface area contributed by atoms with Crippen LogP contribution < -0.4 is 10.1 Å². The van der Waals surface area contributed by atoms with Crippen molar-refractivity contribution in [2.75, 3.05) is 26.2 Å². The van der Waals surface area contributed by atoms with Gasteiger partial charge in [-0.3, -0.25) is 4.90 Å². The van der Waals surface area contributed by atoms with Crippen LogP contribution in [0.15, 0.2) is 40.2 Å². The minimum Gasteiger partial charge on any atom is -0.406 e. The minimum absolute atomic E-state index is 0.0832. The molecule has 2 heterocycles. The summed E-state index contributed by atoms with van der Waals surface area (Å²) in [5.41, 5.74) is 0.785. The number of halogens is 4. The number of benzene rings is 1. The summed E-state index contributed by atoms with van der Waals surface area (Å²) in [6, 6.07) is 8.56. The number of nitrogens with one attached hydrogen (secondary N) is 1. The van der Waals surface area contributed by atoms with Crippen LogP contribution >= 0.6 is 27.3 Å². The van der Waals surface area contributed by atoms with Gasteiger partial charge in [-0.05, 0) is 35.2 Å². The molecule has 0 unspecified atom stereocenters. The molecule has 0 amide bonds. The maximum Gasteiger partial charge on any atom is 0.573 e. The van der Waals surface area contributed by atoms with Crippen molar-refractivity contribution in [2.24, 2.45) is 0 Å². The number of piperazine rings is 1. The van der Waals surface area contributed by atoms with Gasteiger partial charge in [0.25, 0.3) is 0 Å². The number of hydrogen-bond donors (Lipinski definition) is 1. The van der Waals surface area contributed by atoms with Crippen LogP contribution in [-0.4, -0.2) is 37.4 Å².